The third-order valence-corrected chi connectivity index (χ3v) is 0.0781. The van der Waals surface area contributed by atoms with Crippen LogP contribution in [0.2, 0.25) is 0 Å². The molecule has 4 nitrogen and oxygen atoms in total. The molecule has 0 saturated carbocycles. The van der Waals surface area contributed by atoms with Gasteiger partial charge >= 0.3 is 6.16 Å². The van der Waals surface area contributed by atoms with Gasteiger partial charge in [0.1, 0.15) is 0 Å². The van der Waals surface area contributed by atoms with Crippen molar-refractivity contribution in [1.29, 1.82) is 0 Å². The van der Waals surface area contributed by atoms with Crippen molar-refractivity contribution in [2.45, 2.75) is 0 Å². The molecule has 1 radical (unpaired) electrons. The Hall–Kier alpha value is -0.264. The van der Waals surface area contributed by atoms with Crippen LogP contribution in [0.5, 0.6) is 0 Å². The van der Waals surface area contributed by atoms with Crippen molar-refractivity contribution < 1.29 is 36.8 Å². The molecule has 2 N–H and O–H groups in total. The summed E-state index contributed by atoms with van der Waals surface area (Å²) in [5, 5.41) is 14.3. The molecule has 0 amide bonds. The van der Waals surface area contributed by atoms with Crippen LogP contribution < -0.4 is 0 Å². The van der Waals surface area contributed by atoms with E-state index >= 15 is 0 Å². The van der Waals surface area contributed by atoms with Gasteiger partial charge in [0, 0.05) is 16.8 Å². The summed E-state index contributed by atoms with van der Waals surface area (Å²) in [7, 11) is 0. The van der Waals surface area contributed by atoms with Crippen molar-refractivity contribution in [1.82, 2.24) is 0 Å². The predicted octanol–water partition coefficient (Wildman–Crippen LogP) is 0.151. The molecule has 0 bridgehead atoms. The maximum absolute atomic E-state index is 8.90. The smallest absolute Gasteiger partial charge is 0.448 e. The molecule has 0 spiro atoms. The van der Waals surface area contributed by atoms with Crippen LogP contribution in [0.4, 0.5) is 4.79 Å². The zero-order valence-electron chi connectivity index (χ0n) is 2.54. The van der Waals surface area contributed by atoms with Crippen LogP contribution in [0.15, 0.2) is 0 Å². The van der Waals surface area contributed by atoms with Gasteiger partial charge in [0.05, 0.1) is 0 Å². The van der Waals surface area contributed by atoms with Gasteiger partial charge in [-0.2, -0.15) is 5.26 Å². The van der Waals surface area contributed by atoms with Gasteiger partial charge in [0.25, 0.3) is 0 Å². The molecule has 0 aliphatic heterocycles. The summed E-state index contributed by atoms with van der Waals surface area (Å²) < 4.78 is 0. The van der Waals surface area contributed by atoms with E-state index in [1.807, 2.05) is 0 Å². The third-order valence-electron chi connectivity index (χ3n) is 0.0781. The molecule has 0 fully saturated rings. The first-order valence-corrected chi connectivity index (χ1v) is 0.814. The van der Waals surface area contributed by atoms with Crippen molar-refractivity contribution in [3.05, 3.63) is 0 Å². The number of rotatable bonds is 0. The van der Waals surface area contributed by atoms with E-state index in [1.54, 1.807) is 0 Å². The Labute approximate surface area is 43.9 Å². The van der Waals surface area contributed by atoms with E-state index in [-0.39, 0.29) is 16.8 Å². The SMILES string of the molecule is O=C(O)OO.[Co]. The summed E-state index contributed by atoms with van der Waals surface area (Å²) in [5.41, 5.74) is 0. The van der Waals surface area contributed by atoms with Gasteiger partial charge in [-0.15, -0.1) is 0 Å². The Balaban J connectivity index is 0. The van der Waals surface area contributed by atoms with Gasteiger partial charge in [-0.05, 0) is 0 Å². The fourth-order valence-corrected chi connectivity index (χ4v) is 0. The molecule has 0 atom stereocenters. The van der Waals surface area contributed by atoms with Gasteiger partial charge in [0.2, 0.25) is 0 Å². The van der Waals surface area contributed by atoms with E-state index in [9.17, 15) is 0 Å². The maximum Gasteiger partial charge on any atom is 0.537 e. The molecule has 0 aromatic heterocycles. The second kappa shape index (κ2) is 4.74. The fourth-order valence-electron chi connectivity index (χ4n) is 0. The van der Waals surface area contributed by atoms with Gasteiger partial charge < -0.3 is 5.11 Å². The summed E-state index contributed by atoms with van der Waals surface area (Å²) in [6.07, 6.45) is -1.69. The average Bonchev–Trinajstić information content (AvgIpc) is 1.38. The molecule has 0 saturated heterocycles. The Bertz CT molecular complexity index is 42.8. The summed E-state index contributed by atoms with van der Waals surface area (Å²) in [4.78, 5) is 11.6. The second-order valence-corrected chi connectivity index (χ2v) is 0.357. The van der Waals surface area contributed by atoms with Crippen molar-refractivity contribution in [2.24, 2.45) is 0 Å². The second-order valence-electron chi connectivity index (χ2n) is 0.357. The number of hydrogen-bond acceptors (Lipinski definition) is 3. The molecule has 0 aliphatic rings. The van der Waals surface area contributed by atoms with E-state index < -0.39 is 6.16 Å². The first-order valence-electron chi connectivity index (χ1n) is 0.814. The molecule has 0 aromatic carbocycles. The predicted molar refractivity (Wildman–Crippen MR) is 11.7 cm³/mol. The fraction of sp³-hybridized carbons (Fsp3) is 0. The molecule has 0 heterocycles. The van der Waals surface area contributed by atoms with Crippen molar-refractivity contribution in [3.63, 3.8) is 0 Å². The van der Waals surface area contributed by atoms with Crippen LogP contribution in [-0.2, 0) is 21.7 Å². The van der Waals surface area contributed by atoms with Gasteiger partial charge in [-0.1, -0.05) is 0 Å². The largest absolute Gasteiger partial charge is 0.537 e. The summed E-state index contributed by atoms with van der Waals surface area (Å²) in [6.45, 7) is 0. The van der Waals surface area contributed by atoms with E-state index in [0.717, 1.165) is 0 Å². The Morgan fingerprint density at radius 1 is 1.67 bits per heavy atom. The van der Waals surface area contributed by atoms with Crippen LogP contribution >= 0.6 is 0 Å². The molecular weight excluding hydrogens is 135 g/mol. The van der Waals surface area contributed by atoms with Crippen molar-refractivity contribution >= 4 is 6.16 Å². The molecule has 6 heavy (non-hydrogen) atoms. The molecule has 0 aliphatic carbocycles. The van der Waals surface area contributed by atoms with Crippen LogP contribution in [0, 0.1) is 0 Å². The molecule has 5 heteroatoms. The normalized spacial score (nSPS) is 5.50. The molecule has 0 aromatic rings. The quantitative estimate of drug-likeness (QED) is 0.368. The summed E-state index contributed by atoms with van der Waals surface area (Å²) >= 11 is 0. The van der Waals surface area contributed by atoms with E-state index in [0.29, 0.717) is 0 Å². The molecule has 39 valence electrons. The van der Waals surface area contributed by atoms with Crippen molar-refractivity contribution in [3.8, 4) is 0 Å². The number of carboxylic acid groups (broad SMARTS) is 1. The topological polar surface area (TPSA) is 66.8 Å². The first kappa shape index (κ1) is 9.22. The first-order chi connectivity index (χ1) is 2.27. The maximum atomic E-state index is 8.90. The Morgan fingerprint density at radius 2 is 1.83 bits per heavy atom. The van der Waals surface area contributed by atoms with Crippen LogP contribution in [0.25, 0.3) is 0 Å². The van der Waals surface area contributed by atoms with Crippen molar-refractivity contribution in [2.75, 3.05) is 0 Å². The Morgan fingerprint density at radius 3 is 1.83 bits per heavy atom. The van der Waals surface area contributed by atoms with Crippen LogP contribution in [0.3, 0.4) is 0 Å². The monoisotopic (exact) mass is 137 g/mol. The summed E-state index contributed by atoms with van der Waals surface area (Å²) in [5.74, 6) is 0. The van der Waals surface area contributed by atoms with Gasteiger partial charge in [-0.25, -0.2) is 4.79 Å². The van der Waals surface area contributed by atoms with Crippen LogP contribution in [0.1, 0.15) is 0 Å². The minimum Gasteiger partial charge on any atom is -0.448 e. The Kier molecular flexibility index (Phi) is 7.28. The number of hydrogen-bond donors (Lipinski definition) is 2. The molecular formula is CH2CoO4. The summed E-state index contributed by atoms with van der Waals surface area (Å²) in [6, 6.07) is 0. The third kappa shape index (κ3) is 9.28. The molecule has 0 unspecified atom stereocenters. The minimum atomic E-state index is -1.69. The van der Waals surface area contributed by atoms with Gasteiger partial charge in [0.15, 0.2) is 0 Å². The van der Waals surface area contributed by atoms with E-state index in [4.69, 9.17) is 15.2 Å². The zero-order valence-corrected chi connectivity index (χ0v) is 3.59. The standard InChI is InChI=1S/CH2O4.Co/c2-1(3)5-4;/h4H,(H,2,3);. The van der Waals surface area contributed by atoms with E-state index in [1.165, 1.54) is 0 Å². The minimum absolute atomic E-state index is 0. The average molecular weight is 137 g/mol. The van der Waals surface area contributed by atoms with E-state index in [2.05, 4.69) is 4.89 Å². The number of carbonyl (C=O) groups is 1. The van der Waals surface area contributed by atoms with Gasteiger partial charge in [-0.3, -0.25) is 4.89 Å². The zero-order chi connectivity index (χ0) is 4.28. The van der Waals surface area contributed by atoms with Crippen LogP contribution in [-0.4, -0.2) is 16.5 Å². The molecule has 0 rings (SSSR count).